The first-order valence-electron chi connectivity index (χ1n) is 11.4. The molecule has 33 heavy (non-hydrogen) atoms. The highest BCUT2D eigenvalue weighted by Crippen LogP contribution is 2.40. The normalized spacial score (nSPS) is 22.9. The van der Waals surface area contributed by atoms with E-state index in [1.54, 1.807) is 19.3 Å². The van der Waals surface area contributed by atoms with Crippen molar-refractivity contribution in [2.75, 3.05) is 37.6 Å². The molecule has 0 aliphatic carbocycles. The van der Waals surface area contributed by atoms with Crippen molar-refractivity contribution in [1.82, 2.24) is 24.8 Å². The first-order valence-corrected chi connectivity index (χ1v) is 11.4. The maximum absolute atomic E-state index is 13.9. The molecule has 1 N–H and O–H groups in total. The minimum absolute atomic E-state index is 0.0655. The predicted octanol–water partition coefficient (Wildman–Crippen LogP) is 3.77. The van der Waals surface area contributed by atoms with Gasteiger partial charge in [0.1, 0.15) is 0 Å². The Bertz CT molecular complexity index is 1150. The number of H-pyrrole nitrogens is 1. The number of rotatable bonds is 3. The van der Waals surface area contributed by atoms with Crippen molar-refractivity contribution in [3.63, 3.8) is 0 Å². The monoisotopic (exact) mass is 460 g/mol. The highest BCUT2D eigenvalue weighted by molar-refractivity contribution is 6.09. The summed E-state index contributed by atoms with van der Waals surface area (Å²) in [4.78, 5) is 30.0. The van der Waals surface area contributed by atoms with Crippen LogP contribution in [0.1, 0.15) is 26.2 Å². The molecule has 3 aromatic rings. The lowest BCUT2D eigenvalue weighted by molar-refractivity contribution is -0.221. The van der Waals surface area contributed by atoms with Crippen LogP contribution >= 0.6 is 0 Å². The molecule has 2 aliphatic rings. The highest BCUT2D eigenvalue weighted by Gasteiger charge is 2.51. The van der Waals surface area contributed by atoms with E-state index in [0.29, 0.717) is 44.8 Å². The number of hydrogen-bond acceptors (Lipinski definition) is 5. The van der Waals surface area contributed by atoms with Crippen molar-refractivity contribution in [2.45, 2.75) is 38.5 Å². The average Bonchev–Trinajstić information content (AvgIpc) is 3.31. The lowest BCUT2D eigenvalue weighted by atomic mass is 9.91. The summed E-state index contributed by atoms with van der Waals surface area (Å²) < 4.78 is 41.8. The number of fused-ring (bicyclic) bond motifs is 3. The van der Waals surface area contributed by atoms with E-state index in [9.17, 15) is 18.0 Å². The maximum atomic E-state index is 13.9. The van der Waals surface area contributed by atoms with Gasteiger partial charge in [-0.1, -0.05) is 6.92 Å². The van der Waals surface area contributed by atoms with Gasteiger partial charge in [-0.15, -0.1) is 0 Å². The molecule has 5 rings (SSSR count). The Morgan fingerprint density at radius 2 is 1.94 bits per heavy atom. The fourth-order valence-electron chi connectivity index (χ4n) is 5.37. The van der Waals surface area contributed by atoms with Crippen LogP contribution in [0.25, 0.3) is 21.9 Å². The van der Waals surface area contributed by atoms with Crippen molar-refractivity contribution in [3.8, 4) is 0 Å². The SMILES string of the molecule is CCC(=O)N1CCCC(C(F)(F)F)C1N1CCN(c2cc[nH]c3cnc4nccc4c23)CC1. The Labute approximate surface area is 189 Å². The Hall–Kier alpha value is -2.88. The van der Waals surface area contributed by atoms with Gasteiger partial charge in [-0.25, -0.2) is 9.97 Å². The van der Waals surface area contributed by atoms with Crippen LogP contribution < -0.4 is 4.90 Å². The number of pyridine rings is 2. The third kappa shape index (κ3) is 3.90. The Morgan fingerprint density at radius 3 is 2.67 bits per heavy atom. The van der Waals surface area contributed by atoms with Crippen molar-refractivity contribution in [3.05, 3.63) is 30.7 Å². The molecule has 0 radical (unpaired) electrons. The number of carbonyl (C=O) groups is 1. The zero-order valence-corrected chi connectivity index (χ0v) is 18.5. The fraction of sp³-hybridized carbons (Fsp3) is 0.522. The van der Waals surface area contributed by atoms with Gasteiger partial charge in [-0.05, 0) is 25.0 Å². The summed E-state index contributed by atoms with van der Waals surface area (Å²) in [6, 6.07) is 3.93. The molecular weight excluding hydrogens is 433 g/mol. The number of anilines is 1. The number of likely N-dealkylation sites (tertiary alicyclic amines) is 1. The molecule has 1 amide bonds. The predicted molar refractivity (Wildman–Crippen MR) is 120 cm³/mol. The summed E-state index contributed by atoms with van der Waals surface area (Å²) in [5.41, 5.74) is 2.58. The molecule has 2 atom stereocenters. The Morgan fingerprint density at radius 1 is 1.15 bits per heavy atom. The number of piperidine rings is 1. The van der Waals surface area contributed by atoms with Gasteiger partial charge in [0.15, 0.2) is 5.65 Å². The quantitative estimate of drug-likeness (QED) is 0.645. The van der Waals surface area contributed by atoms with E-state index in [2.05, 4.69) is 19.9 Å². The van der Waals surface area contributed by atoms with Gasteiger partial charge in [0.25, 0.3) is 0 Å². The number of nitrogens with zero attached hydrogens (tertiary/aromatic N) is 5. The van der Waals surface area contributed by atoms with Gasteiger partial charge in [-0.2, -0.15) is 13.2 Å². The van der Waals surface area contributed by atoms with Crippen molar-refractivity contribution >= 4 is 33.5 Å². The average molecular weight is 461 g/mol. The minimum Gasteiger partial charge on any atom is -0.368 e. The molecule has 10 heteroatoms. The summed E-state index contributed by atoms with van der Waals surface area (Å²) in [7, 11) is 0. The van der Waals surface area contributed by atoms with Crippen molar-refractivity contribution in [2.24, 2.45) is 5.92 Å². The van der Waals surface area contributed by atoms with E-state index in [1.807, 2.05) is 23.2 Å². The van der Waals surface area contributed by atoms with Gasteiger partial charge < -0.3 is 14.8 Å². The number of alkyl halides is 3. The molecule has 0 bridgehead atoms. The Kier molecular flexibility index (Phi) is 5.64. The van der Waals surface area contributed by atoms with Gasteiger partial charge in [0, 0.05) is 68.0 Å². The van der Waals surface area contributed by atoms with Gasteiger partial charge in [0.05, 0.1) is 23.8 Å². The number of carbonyl (C=O) groups excluding carboxylic acids is 1. The van der Waals surface area contributed by atoms with Gasteiger partial charge >= 0.3 is 6.18 Å². The summed E-state index contributed by atoms with van der Waals surface area (Å²) >= 11 is 0. The number of halogens is 3. The van der Waals surface area contributed by atoms with Crippen LogP contribution in [-0.4, -0.2) is 75.7 Å². The smallest absolute Gasteiger partial charge is 0.368 e. The van der Waals surface area contributed by atoms with Crippen LogP contribution in [0.4, 0.5) is 18.9 Å². The molecule has 5 heterocycles. The van der Waals surface area contributed by atoms with E-state index < -0.39 is 18.3 Å². The molecule has 2 saturated heterocycles. The number of nitrogens with one attached hydrogen (secondary N) is 1. The molecule has 7 nitrogen and oxygen atoms in total. The van der Waals surface area contributed by atoms with Crippen LogP contribution in [0, 0.1) is 5.92 Å². The summed E-state index contributed by atoms with van der Waals surface area (Å²) in [6.07, 6.45) is 0.752. The minimum atomic E-state index is -4.33. The largest absolute Gasteiger partial charge is 0.395 e. The second-order valence-electron chi connectivity index (χ2n) is 8.76. The van der Waals surface area contributed by atoms with E-state index in [-0.39, 0.29) is 18.7 Å². The van der Waals surface area contributed by atoms with E-state index in [0.717, 1.165) is 22.0 Å². The second kappa shape index (κ2) is 8.48. The van der Waals surface area contributed by atoms with Gasteiger partial charge in [-0.3, -0.25) is 9.69 Å². The molecule has 0 spiro atoms. The van der Waals surface area contributed by atoms with Crippen LogP contribution in [0.2, 0.25) is 0 Å². The number of amides is 1. The summed E-state index contributed by atoms with van der Waals surface area (Å²) in [6.45, 7) is 4.16. The molecule has 2 fully saturated rings. The van der Waals surface area contributed by atoms with E-state index in [1.165, 1.54) is 4.90 Å². The fourth-order valence-corrected chi connectivity index (χ4v) is 5.37. The standard InChI is InChI=1S/C23H27F3N6O/c1-2-19(33)32-9-3-4-16(23(24,25)26)22(32)31-12-10-30(11-13-31)18-6-8-27-17-14-29-21-15(20(17)18)5-7-28-21/h5-8,14,16,22,27H,2-4,9-13H2,1H3. The van der Waals surface area contributed by atoms with Crippen LogP contribution in [0.3, 0.4) is 0 Å². The highest BCUT2D eigenvalue weighted by atomic mass is 19.4. The van der Waals surface area contributed by atoms with E-state index >= 15 is 0 Å². The summed E-state index contributed by atoms with van der Waals surface area (Å²) in [5, 5.41) is 1.97. The topological polar surface area (TPSA) is 68.4 Å². The number of piperazine rings is 1. The number of aromatic nitrogens is 3. The lowest BCUT2D eigenvalue weighted by Gasteiger charge is -2.50. The maximum Gasteiger partial charge on any atom is 0.395 e. The zero-order valence-electron chi connectivity index (χ0n) is 18.5. The molecule has 176 valence electrons. The molecule has 0 saturated carbocycles. The van der Waals surface area contributed by atoms with Crippen LogP contribution in [-0.2, 0) is 4.79 Å². The second-order valence-corrected chi connectivity index (χ2v) is 8.76. The van der Waals surface area contributed by atoms with Crippen molar-refractivity contribution in [1.29, 1.82) is 0 Å². The van der Waals surface area contributed by atoms with Crippen LogP contribution in [0.15, 0.2) is 30.7 Å². The van der Waals surface area contributed by atoms with Gasteiger partial charge in [0.2, 0.25) is 5.91 Å². The molecule has 2 aliphatic heterocycles. The first kappa shape index (κ1) is 21.9. The molecule has 3 aromatic heterocycles. The first-order chi connectivity index (χ1) is 15.9. The number of hydrogen-bond donors (Lipinski definition) is 1. The van der Waals surface area contributed by atoms with E-state index in [4.69, 9.17) is 0 Å². The lowest BCUT2D eigenvalue weighted by Crippen LogP contribution is -2.63. The van der Waals surface area contributed by atoms with Crippen LogP contribution in [0.5, 0.6) is 0 Å². The number of aromatic amines is 1. The Balaban J connectivity index is 1.42. The third-order valence-electron chi connectivity index (χ3n) is 6.94. The molecule has 0 aromatic carbocycles. The zero-order chi connectivity index (χ0) is 23.2. The summed E-state index contributed by atoms with van der Waals surface area (Å²) in [5.74, 6) is -1.72. The van der Waals surface area contributed by atoms with Crippen molar-refractivity contribution < 1.29 is 18.0 Å². The molecular formula is C23H27F3N6O. The molecule has 2 unspecified atom stereocenters. The third-order valence-corrected chi connectivity index (χ3v) is 6.94.